The van der Waals surface area contributed by atoms with Gasteiger partial charge < -0.3 is 14.2 Å². The van der Waals surface area contributed by atoms with Crippen molar-refractivity contribution in [3.63, 3.8) is 0 Å². The summed E-state index contributed by atoms with van der Waals surface area (Å²) < 4.78 is 10.4. The lowest BCUT2D eigenvalue weighted by atomic mass is 10.0. The third kappa shape index (κ3) is 5.32. The minimum atomic E-state index is -0.502. The fourth-order valence-electron chi connectivity index (χ4n) is 3.01. The van der Waals surface area contributed by atoms with Gasteiger partial charge in [0.1, 0.15) is 0 Å². The number of nitrogens with zero attached hydrogens (tertiary/aromatic N) is 3. The monoisotopic (exact) mass is 389 g/mol. The molecule has 27 heavy (non-hydrogen) atoms. The Labute approximate surface area is 162 Å². The second-order valence-electron chi connectivity index (χ2n) is 6.68. The van der Waals surface area contributed by atoms with Gasteiger partial charge in [-0.1, -0.05) is 24.2 Å². The van der Waals surface area contributed by atoms with Crippen molar-refractivity contribution in [1.29, 1.82) is 0 Å². The van der Waals surface area contributed by atoms with Crippen molar-refractivity contribution in [2.45, 2.75) is 37.3 Å². The molecule has 8 heteroatoms. The highest BCUT2D eigenvalue weighted by Crippen LogP contribution is 2.26. The van der Waals surface area contributed by atoms with E-state index in [0.717, 1.165) is 30.8 Å². The van der Waals surface area contributed by atoms with Crippen LogP contribution >= 0.6 is 11.8 Å². The number of likely N-dealkylation sites (tertiary alicyclic amines) is 1. The summed E-state index contributed by atoms with van der Waals surface area (Å²) in [5.74, 6) is 1.37. The summed E-state index contributed by atoms with van der Waals surface area (Å²) in [4.78, 5) is 31.4. The molecule has 2 aromatic rings. The van der Waals surface area contributed by atoms with E-state index in [-0.39, 0.29) is 12.5 Å². The van der Waals surface area contributed by atoms with E-state index < -0.39 is 5.97 Å². The number of carbonyl (C=O) groups is 2. The zero-order valence-corrected chi connectivity index (χ0v) is 16.3. The zero-order chi connectivity index (χ0) is 19.2. The second-order valence-corrected chi connectivity index (χ2v) is 7.70. The van der Waals surface area contributed by atoms with Crippen LogP contribution in [0.4, 0.5) is 0 Å². The maximum atomic E-state index is 12.5. The van der Waals surface area contributed by atoms with Gasteiger partial charge >= 0.3 is 5.97 Å². The van der Waals surface area contributed by atoms with Crippen molar-refractivity contribution < 1.29 is 18.8 Å². The Bertz CT molecular complexity index is 808. The lowest BCUT2D eigenvalue weighted by molar-refractivity contribution is -0.136. The number of amides is 1. The van der Waals surface area contributed by atoms with E-state index in [1.807, 2.05) is 12.1 Å². The lowest BCUT2D eigenvalue weighted by Gasteiger charge is -2.30. The summed E-state index contributed by atoms with van der Waals surface area (Å²) in [5.41, 5.74) is 0.429. The summed E-state index contributed by atoms with van der Waals surface area (Å²) in [6, 6.07) is 7.14. The number of carbonyl (C=O) groups excluding carboxylic acids is 2. The topological polar surface area (TPSA) is 85.5 Å². The van der Waals surface area contributed by atoms with Crippen LogP contribution in [-0.4, -0.2) is 46.6 Å². The highest BCUT2D eigenvalue weighted by molar-refractivity contribution is 7.98. The van der Waals surface area contributed by atoms with Gasteiger partial charge in [0.05, 0.1) is 11.3 Å². The molecule has 1 aromatic carbocycles. The Morgan fingerprint density at radius 3 is 2.93 bits per heavy atom. The molecule has 1 saturated heterocycles. The van der Waals surface area contributed by atoms with Crippen LogP contribution < -0.4 is 0 Å². The molecule has 7 nitrogen and oxygen atoms in total. The standard InChI is InChI=1S/C19H23N3O4S/c1-13-6-5-9-22(10-13)18(23)11-25-19(24)15-7-3-4-8-16(15)27-12-17-20-14(2)21-26-17/h3-4,7-8,13H,5-6,9-12H2,1-2H3. The largest absolute Gasteiger partial charge is 0.452 e. The average molecular weight is 389 g/mol. The molecule has 0 saturated carbocycles. The Morgan fingerprint density at radius 2 is 2.19 bits per heavy atom. The fraction of sp³-hybridized carbons (Fsp3) is 0.474. The molecule has 3 rings (SSSR count). The average Bonchev–Trinajstić information content (AvgIpc) is 3.09. The van der Waals surface area contributed by atoms with Gasteiger partial charge in [0.2, 0.25) is 5.89 Å². The Balaban J connectivity index is 1.57. The highest BCUT2D eigenvalue weighted by Gasteiger charge is 2.22. The maximum absolute atomic E-state index is 12.5. The van der Waals surface area contributed by atoms with Gasteiger partial charge in [0.25, 0.3) is 5.91 Å². The van der Waals surface area contributed by atoms with Gasteiger partial charge in [-0.3, -0.25) is 4.79 Å². The first-order valence-corrected chi connectivity index (χ1v) is 9.97. The summed E-state index contributed by atoms with van der Waals surface area (Å²) in [6.45, 7) is 5.11. The van der Waals surface area contributed by atoms with Crippen molar-refractivity contribution in [3.05, 3.63) is 41.5 Å². The van der Waals surface area contributed by atoms with Gasteiger partial charge in [0.15, 0.2) is 12.4 Å². The van der Waals surface area contributed by atoms with E-state index >= 15 is 0 Å². The molecule has 0 radical (unpaired) electrons. The number of ether oxygens (including phenoxy) is 1. The molecule has 1 amide bonds. The predicted molar refractivity (Wildman–Crippen MR) is 100 cm³/mol. The van der Waals surface area contributed by atoms with E-state index in [1.54, 1.807) is 24.0 Å². The number of aromatic nitrogens is 2. The van der Waals surface area contributed by atoms with E-state index in [9.17, 15) is 9.59 Å². The van der Waals surface area contributed by atoms with E-state index in [4.69, 9.17) is 9.26 Å². The molecule has 1 fully saturated rings. The number of rotatable bonds is 6. The number of hydrogen-bond donors (Lipinski definition) is 0. The van der Waals surface area contributed by atoms with Gasteiger partial charge in [-0.05, 0) is 37.8 Å². The van der Waals surface area contributed by atoms with E-state index in [1.165, 1.54) is 11.8 Å². The van der Waals surface area contributed by atoms with Crippen molar-refractivity contribution >= 4 is 23.6 Å². The van der Waals surface area contributed by atoms with Crippen LogP contribution in [-0.2, 0) is 15.3 Å². The van der Waals surface area contributed by atoms with Crippen LogP contribution in [0, 0.1) is 12.8 Å². The maximum Gasteiger partial charge on any atom is 0.339 e. The quantitative estimate of drug-likeness (QED) is 0.554. The van der Waals surface area contributed by atoms with Crippen LogP contribution in [0.2, 0.25) is 0 Å². The third-order valence-electron chi connectivity index (χ3n) is 4.36. The minimum absolute atomic E-state index is 0.138. The smallest absolute Gasteiger partial charge is 0.339 e. The van der Waals surface area contributed by atoms with Crippen molar-refractivity contribution in [2.24, 2.45) is 5.92 Å². The van der Waals surface area contributed by atoms with Gasteiger partial charge in [-0.25, -0.2) is 4.79 Å². The lowest BCUT2D eigenvalue weighted by Crippen LogP contribution is -2.41. The van der Waals surface area contributed by atoms with Crippen LogP contribution in [0.3, 0.4) is 0 Å². The number of hydrogen-bond acceptors (Lipinski definition) is 7. The van der Waals surface area contributed by atoms with Crippen LogP contribution in [0.1, 0.15) is 41.8 Å². The molecule has 1 aliphatic heterocycles. The molecule has 1 aliphatic rings. The van der Waals surface area contributed by atoms with Crippen LogP contribution in [0.25, 0.3) is 0 Å². The number of aryl methyl sites for hydroxylation is 1. The van der Waals surface area contributed by atoms with Gasteiger partial charge in [0, 0.05) is 18.0 Å². The SMILES string of the molecule is Cc1noc(CSc2ccccc2C(=O)OCC(=O)N2CCCC(C)C2)n1. The van der Waals surface area contributed by atoms with Crippen molar-refractivity contribution in [3.8, 4) is 0 Å². The van der Waals surface area contributed by atoms with Crippen LogP contribution in [0.5, 0.6) is 0 Å². The van der Waals surface area contributed by atoms with Gasteiger partial charge in [-0.2, -0.15) is 4.98 Å². The van der Waals surface area contributed by atoms with E-state index in [2.05, 4.69) is 17.1 Å². The van der Waals surface area contributed by atoms with Crippen molar-refractivity contribution in [1.82, 2.24) is 15.0 Å². The second kappa shape index (κ2) is 9.03. The predicted octanol–water partition coefficient (Wildman–Crippen LogP) is 3.09. The number of thioether (sulfide) groups is 1. The number of benzene rings is 1. The molecule has 1 aromatic heterocycles. The molecule has 0 N–H and O–H groups in total. The molecule has 144 valence electrons. The highest BCUT2D eigenvalue weighted by atomic mass is 32.2. The summed E-state index contributed by atoms with van der Waals surface area (Å²) in [7, 11) is 0. The summed E-state index contributed by atoms with van der Waals surface area (Å²) in [5, 5.41) is 3.75. The third-order valence-corrected chi connectivity index (χ3v) is 5.42. The summed E-state index contributed by atoms with van der Waals surface area (Å²) in [6.07, 6.45) is 2.13. The first-order valence-electron chi connectivity index (χ1n) is 8.99. The normalized spacial score (nSPS) is 17.0. The minimum Gasteiger partial charge on any atom is -0.452 e. The Kier molecular flexibility index (Phi) is 6.49. The zero-order valence-electron chi connectivity index (χ0n) is 15.5. The molecular weight excluding hydrogens is 366 g/mol. The summed E-state index contributed by atoms with van der Waals surface area (Å²) >= 11 is 1.41. The first-order chi connectivity index (χ1) is 13.0. The first kappa shape index (κ1) is 19.4. The molecule has 0 aliphatic carbocycles. The molecule has 0 spiro atoms. The molecule has 0 bridgehead atoms. The molecule has 1 unspecified atom stereocenters. The van der Waals surface area contributed by atoms with Crippen LogP contribution in [0.15, 0.2) is 33.7 Å². The van der Waals surface area contributed by atoms with Gasteiger partial charge in [-0.15, -0.1) is 11.8 Å². The molecule has 1 atom stereocenters. The molecular formula is C19H23N3O4S. The number of piperidine rings is 1. The van der Waals surface area contributed by atoms with E-state index in [0.29, 0.717) is 28.9 Å². The molecule has 2 heterocycles. The Hall–Kier alpha value is -2.35. The fourth-order valence-corrected chi connectivity index (χ4v) is 3.89. The Morgan fingerprint density at radius 1 is 1.37 bits per heavy atom. The van der Waals surface area contributed by atoms with Crippen molar-refractivity contribution in [2.75, 3.05) is 19.7 Å². The number of esters is 1.